The molecule has 0 saturated heterocycles. The highest BCUT2D eigenvalue weighted by Gasteiger charge is 2.34. The lowest BCUT2D eigenvalue weighted by atomic mass is 10.1. The lowest BCUT2D eigenvalue weighted by Gasteiger charge is -2.16. The number of anilines is 2. The number of rotatable bonds is 8. The quantitative estimate of drug-likeness (QED) is 0.141. The fourth-order valence-electron chi connectivity index (χ4n) is 4.04. The van der Waals surface area contributed by atoms with Gasteiger partial charge in [-0.05, 0) is 25.1 Å². The SMILES string of the molecule is CCOc1cc2ncc(C#N)c(Nc3ccc(Sc4nc(-c5ccccc5)cs4)c(C(F)(F)F)c3)c2cc1[N+](=O)[O-]. The van der Waals surface area contributed by atoms with Crippen molar-refractivity contribution in [2.75, 3.05) is 11.9 Å². The number of nitrogens with zero attached hydrogens (tertiary/aromatic N) is 4. The molecule has 0 atom stereocenters. The molecule has 0 radical (unpaired) electrons. The summed E-state index contributed by atoms with van der Waals surface area (Å²) < 4.78 is 48.4. The van der Waals surface area contributed by atoms with E-state index < -0.39 is 16.7 Å². The molecule has 0 unspecified atom stereocenters. The Kier molecular flexibility index (Phi) is 7.78. The number of aromatic nitrogens is 2. The first-order valence-electron chi connectivity index (χ1n) is 12.0. The minimum atomic E-state index is -4.69. The highest BCUT2D eigenvalue weighted by molar-refractivity contribution is 8.01. The number of hydrogen-bond acceptors (Lipinski definition) is 9. The summed E-state index contributed by atoms with van der Waals surface area (Å²) in [6.07, 6.45) is -3.45. The molecule has 13 heteroatoms. The summed E-state index contributed by atoms with van der Waals surface area (Å²) in [7, 11) is 0. The zero-order chi connectivity index (χ0) is 29.1. The molecular formula is C28H18F3N5O3S2. The van der Waals surface area contributed by atoms with Crippen LogP contribution >= 0.6 is 23.1 Å². The summed E-state index contributed by atoms with van der Waals surface area (Å²) >= 11 is 2.14. The molecule has 0 amide bonds. The second kappa shape index (κ2) is 11.4. The number of nitro groups is 1. The van der Waals surface area contributed by atoms with Crippen LogP contribution in [0.25, 0.3) is 22.2 Å². The van der Waals surface area contributed by atoms with Crippen molar-refractivity contribution >= 4 is 51.1 Å². The molecule has 1 N–H and O–H groups in total. The van der Waals surface area contributed by atoms with Crippen molar-refractivity contribution in [1.29, 1.82) is 5.26 Å². The number of ether oxygens (including phenoxy) is 1. The van der Waals surface area contributed by atoms with Gasteiger partial charge >= 0.3 is 11.9 Å². The number of nitro benzene ring substituents is 1. The van der Waals surface area contributed by atoms with Crippen LogP contribution in [0.5, 0.6) is 5.75 Å². The van der Waals surface area contributed by atoms with Gasteiger partial charge in [-0.3, -0.25) is 15.1 Å². The van der Waals surface area contributed by atoms with E-state index in [1.165, 1.54) is 41.8 Å². The highest BCUT2D eigenvalue weighted by atomic mass is 32.2. The third kappa shape index (κ3) is 5.93. The van der Waals surface area contributed by atoms with E-state index in [2.05, 4.69) is 15.3 Å². The zero-order valence-electron chi connectivity index (χ0n) is 21.1. The largest absolute Gasteiger partial charge is 0.487 e. The Labute approximate surface area is 239 Å². The molecule has 0 saturated carbocycles. The fraction of sp³-hybridized carbons (Fsp3) is 0.107. The first kappa shape index (κ1) is 27.9. The maximum atomic E-state index is 14.2. The van der Waals surface area contributed by atoms with Gasteiger partial charge in [0, 0.05) is 45.2 Å². The van der Waals surface area contributed by atoms with Crippen molar-refractivity contribution in [3.63, 3.8) is 0 Å². The van der Waals surface area contributed by atoms with E-state index in [0.717, 1.165) is 23.4 Å². The van der Waals surface area contributed by atoms with Crippen molar-refractivity contribution < 1.29 is 22.8 Å². The molecule has 206 valence electrons. The van der Waals surface area contributed by atoms with Crippen LogP contribution in [-0.2, 0) is 6.18 Å². The Morgan fingerprint density at radius 1 is 1.17 bits per heavy atom. The van der Waals surface area contributed by atoms with E-state index in [1.807, 2.05) is 36.4 Å². The van der Waals surface area contributed by atoms with Crippen LogP contribution < -0.4 is 10.1 Å². The number of hydrogen-bond donors (Lipinski definition) is 1. The van der Waals surface area contributed by atoms with Gasteiger partial charge in [-0.2, -0.15) is 18.4 Å². The third-order valence-corrected chi connectivity index (χ3v) is 7.88. The van der Waals surface area contributed by atoms with Gasteiger partial charge in [0.15, 0.2) is 10.1 Å². The van der Waals surface area contributed by atoms with Crippen molar-refractivity contribution in [2.45, 2.75) is 22.3 Å². The number of fused-ring (bicyclic) bond motifs is 1. The molecule has 3 aromatic carbocycles. The first-order valence-corrected chi connectivity index (χ1v) is 13.7. The average molecular weight is 594 g/mol. The van der Waals surface area contributed by atoms with Gasteiger partial charge in [-0.1, -0.05) is 42.1 Å². The number of alkyl halides is 3. The van der Waals surface area contributed by atoms with E-state index in [-0.39, 0.29) is 50.8 Å². The van der Waals surface area contributed by atoms with Crippen LogP contribution in [0.2, 0.25) is 0 Å². The van der Waals surface area contributed by atoms with Gasteiger partial charge in [0.25, 0.3) is 0 Å². The van der Waals surface area contributed by atoms with E-state index in [4.69, 9.17) is 4.74 Å². The zero-order valence-corrected chi connectivity index (χ0v) is 22.7. The summed E-state index contributed by atoms with van der Waals surface area (Å²) in [5, 5.41) is 26.2. The summed E-state index contributed by atoms with van der Waals surface area (Å²) in [6.45, 7) is 1.84. The Bertz CT molecular complexity index is 1800. The predicted octanol–water partition coefficient (Wildman–Crippen LogP) is 8.45. The summed E-state index contributed by atoms with van der Waals surface area (Å²) in [4.78, 5) is 19.7. The van der Waals surface area contributed by atoms with E-state index in [0.29, 0.717) is 10.0 Å². The Hall–Kier alpha value is -4.67. The maximum Gasteiger partial charge on any atom is 0.417 e. The van der Waals surface area contributed by atoms with E-state index in [1.54, 1.807) is 12.3 Å². The standard InChI is InChI=1S/C28H18F3N5O3S2/c1-2-39-24-12-21-19(11-23(24)36(37)38)26(17(13-32)14-33-21)34-18-8-9-25(20(10-18)28(29,30)31)41-27-35-22(15-40-27)16-6-4-3-5-7-16/h3-12,14-15H,2H2,1H3,(H,33,34). The lowest BCUT2D eigenvalue weighted by Crippen LogP contribution is -2.08. The Morgan fingerprint density at radius 2 is 1.95 bits per heavy atom. The molecule has 8 nitrogen and oxygen atoms in total. The second-order valence-corrected chi connectivity index (χ2v) is 10.6. The van der Waals surface area contributed by atoms with Crippen LogP contribution in [0.3, 0.4) is 0 Å². The fourth-order valence-corrected chi connectivity index (χ4v) is 5.96. The number of pyridine rings is 1. The molecular weight excluding hydrogens is 575 g/mol. The smallest absolute Gasteiger partial charge is 0.417 e. The second-order valence-electron chi connectivity index (χ2n) is 8.49. The number of thiazole rings is 1. The van der Waals surface area contributed by atoms with Crippen molar-refractivity contribution in [3.8, 4) is 23.1 Å². The third-order valence-electron chi connectivity index (χ3n) is 5.87. The number of benzene rings is 3. The lowest BCUT2D eigenvalue weighted by molar-refractivity contribution is -0.385. The number of halogens is 3. The van der Waals surface area contributed by atoms with Crippen LogP contribution in [0.15, 0.2) is 81.5 Å². The van der Waals surface area contributed by atoms with Crippen LogP contribution in [-0.4, -0.2) is 21.5 Å². The molecule has 0 spiro atoms. The van der Waals surface area contributed by atoms with Crippen LogP contribution in [0.4, 0.5) is 30.2 Å². The van der Waals surface area contributed by atoms with E-state index in [9.17, 15) is 28.5 Å². The molecule has 0 aliphatic rings. The molecule has 2 aromatic heterocycles. The minimum absolute atomic E-state index is 0.000745. The Morgan fingerprint density at radius 3 is 2.63 bits per heavy atom. The Balaban J connectivity index is 1.53. The van der Waals surface area contributed by atoms with Crippen molar-refractivity contribution in [3.05, 3.63) is 93.5 Å². The van der Waals surface area contributed by atoms with E-state index >= 15 is 0 Å². The molecule has 0 aliphatic heterocycles. The van der Waals surface area contributed by atoms with Gasteiger partial charge in [-0.15, -0.1) is 11.3 Å². The van der Waals surface area contributed by atoms with Crippen molar-refractivity contribution in [1.82, 2.24) is 9.97 Å². The molecule has 0 aliphatic carbocycles. The number of nitriles is 1. The molecule has 2 heterocycles. The maximum absolute atomic E-state index is 14.2. The van der Waals surface area contributed by atoms with Crippen molar-refractivity contribution in [2.24, 2.45) is 0 Å². The van der Waals surface area contributed by atoms with Gasteiger partial charge < -0.3 is 10.1 Å². The minimum Gasteiger partial charge on any atom is -0.487 e. The molecule has 5 rings (SSSR count). The van der Waals surface area contributed by atoms with Gasteiger partial charge in [-0.25, -0.2) is 4.98 Å². The number of nitrogens with one attached hydrogen (secondary N) is 1. The molecule has 0 fully saturated rings. The van der Waals surface area contributed by atoms with Gasteiger partial charge in [0.2, 0.25) is 0 Å². The summed E-state index contributed by atoms with van der Waals surface area (Å²) in [5.74, 6) is -0.00787. The predicted molar refractivity (Wildman–Crippen MR) is 151 cm³/mol. The normalized spacial score (nSPS) is 11.3. The summed E-state index contributed by atoms with van der Waals surface area (Å²) in [6, 6.07) is 17.5. The highest BCUT2D eigenvalue weighted by Crippen LogP contribution is 2.43. The summed E-state index contributed by atoms with van der Waals surface area (Å²) in [5.41, 5.74) is 0.653. The monoisotopic (exact) mass is 593 g/mol. The van der Waals surface area contributed by atoms with Gasteiger partial charge in [0.05, 0.1) is 39.6 Å². The molecule has 41 heavy (non-hydrogen) atoms. The molecule has 5 aromatic rings. The first-order chi connectivity index (χ1) is 19.7. The van der Waals surface area contributed by atoms with Crippen LogP contribution in [0.1, 0.15) is 18.1 Å². The van der Waals surface area contributed by atoms with Gasteiger partial charge in [0.1, 0.15) is 6.07 Å². The average Bonchev–Trinajstić information content (AvgIpc) is 3.42. The molecule has 0 bridgehead atoms. The topological polar surface area (TPSA) is 114 Å². The van der Waals surface area contributed by atoms with Crippen LogP contribution in [0, 0.1) is 21.4 Å².